The van der Waals surface area contributed by atoms with E-state index in [1.54, 1.807) is 0 Å². The lowest BCUT2D eigenvalue weighted by atomic mass is 9.86. The van der Waals surface area contributed by atoms with Gasteiger partial charge in [0.2, 0.25) is 5.95 Å². The molecule has 5 rings (SSSR count). The standard InChI is InChI=1S/C28H38N8/c1-19-16-30-36(17-19)14-11-21-9-12-35(13-10-21)27-32-25-24(34(6)18-29-25)26(33-27)31-23-15-22(28(3,4)5)8-7-20(23)2/h7-8,15-18,21H,9-14H2,1-6H3,(H,31,32,33). The van der Waals surface area contributed by atoms with E-state index in [-0.39, 0.29) is 5.41 Å². The molecular formula is C28H38N8. The average molecular weight is 487 g/mol. The van der Waals surface area contributed by atoms with E-state index in [9.17, 15) is 0 Å². The van der Waals surface area contributed by atoms with Crippen molar-refractivity contribution in [1.29, 1.82) is 0 Å². The number of aromatic nitrogens is 6. The van der Waals surface area contributed by atoms with Gasteiger partial charge in [-0.1, -0.05) is 32.9 Å². The zero-order chi connectivity index (χ0) is 25.4. The number of piperidine rings is 1. The number of rotatable bonds is 6. The van der Waals surface area contributed by atoms with Gasteiger partial charge in [0, 0.05) is 38.6 Å². The number of hydrogen-bond acceptors (Lipinski definition) is 6. The molecule has 0 bridgehead atoms. The minimum absolute atomic E-state index is 0.0728. The van der Waals surface area contributed by atoms with E-state index in [4.69, 9.17) is 9.97 Å². The highest BCUT2D eigenvalue weighted by Gasteiger charge is 2.24. The topological polar surface area (TPSA) is 76.7 Å². The first-order valence-electron chi connectivity index (χ1n) is 13.0. The summed E-state index contributed by atoms with van der Waals surface area (Å²) in [6.07, 6.45) is 9.30. The molecule has 1 aliphatic heterocycles. The van der Waals surface area contributed by atoms with Crippen LogP contribution in [0.3, 0.4) is 0 Å². The van der Waals surface area contributed by atoms with Crippen LogP contribution in [0.2, 0.25) is 0 Å². The highest BCUT2D eigenvalue weighted by molar-refractivity contribution is 5.87. The predicted octanol–water partition coefficient (Wildman–Crippen LogP) is 5.52. The second-order valence-corrected chi connectivity index (χ2v) is 11.3. The van der Waals surface area contributed by atoms with Crippen LogP contribution in [0.4, 0.5) is 17.5 Å². The van der Waals surface area contributed by atoms with Crippen molar-refractivity contribution in [3.8, 4) is 0 Å². The lowest BCUT2D eigenvalue weighted by Gasteiger charge is -2.32. The molecule has 1 saturated heterocycles. The van der Waals surface area contributed by atoms with Crippen molar-refractivity contribution in [3.05, 3.63) is 53.6 Å². The van der Waals surface area contributed by atoms with Crippen LogP contribution in [0, 0.1) is 19.8 Å². The van der Waals surface area contributed by atoms with Gasteiger partial charge >= 0.3 is 0 Å². The van der Waals surface area contributed by atoms with Gasteiger partial charge in [0.1, 0.15) is 5.52 Å². The summed E-state index contributed by atoms with van der Waals surface area (Å²) in [5.74, 6) is 2.26. The van der Waals surface area contributed by atoms with Crippen LogP contribution in [-0.4, -0.2) is 42.4 Å². The Balaban J connectivity index is 1.35. The van der Waals surface area contributed by atoms with Gasteiger partial charge in [-0.15, -0.1) is 0 Å². The summed E-state index contributed by atoms with van der Waals surface area (Å²) in [4.78, 5) is 16.8. The predicted molar refractivity (Wildman–Crippen MR) is 146 cm³/mol. The largest absolute Gasteiger partial charge is 0.341 e. The number of benzene rings is 1. The third-order valence-corrected chi connectivity index (χ3v) is 7.34. The van der Waals surface area contributed by atoms with E-state index < -0.39 is 0 Å². The molecule has 1 aliphatic rings. The Morgan fingerprint density at radius 3 is 2.56 bits per heavy atom. The first kappa shape index (κ1) is 24.3. The van der Waals surface area contributed by atoms with Crippen molar-refractivity contribution in [2.24, 2.45) is 13.0 Å². The first-order valence-corrected chi connectivity index (χ1v) is 13.0. The number of imidazole rings is 1. The van der Waals surface area contributed by atoms with E-state index in [1.807, 2.05) is 24.1 Å². The van der Waals surface area contributed by atoms with Gasteiger partial charge in [-0.25, -0.2) is 4.98 Å². The maximum atomic E-state index is 5.04. The van der Waals surface area contributed by atoms with Gasteiger partial charge in [-0.2, -0.15) is 15.1 Å². The smallest absolute Gasteiger partial charge is 0.229 e. The number of nitrogens with zero attached hydrogens (tertiary/aromatic N) is 7. The molecule has 3 aromatic heterocycles. The summed E-state index contributed by atoms with van der Waals surface area (Å²) in [5.41, 5.74) is 6.49. The molecule has 1 N–H and O–H groups in total. The fourth-order valence-electron chi connectivity index (χ4n) is 4.95. The van der Waals surface area contributed by atoms with Gasteiger partial charge in [0.15, 0.2) is 11.5 Å². The maximum absolute atomic E-state index is 5.04. The second kappa shape index (κ2) is 9.56. The van der Waals surface area contributed by atoms with Crippen LogP contribution in [-0.2, 0) is 19.0 Å². The maximum Gasteiger partial charge on any atom is 0.229 e. The first-order chi connectivity index (χ1) is 17.2. The molecule has 0 spiro atoms. The molecule has 0 unspecified atom stereocenters. The molecule has 0 amide bonds. The van der Waals surface area contributed by atoms with Crippen molar-refractivity contribution in [3.63, 3.8) is 0 Å². The lowest BCUT2D eigenvalue weighted by Crippen LogP contribution is -2.35. The van der Waals surface area contributed by atoms with Crippen LogP contribution < -0.4 is 10.2 Å². The minimum atomic E-state index is 0.0728. The Morgan fingerprint density at radius 1 is 1.08 bits per heavy atom. The molecule has 36 heavy (non-hydrogen) atoms. The second-order valence-electron chi connectivity index (χ2n) is 11.3. The lowest BCUT2D eigenvalue weighted by molar-refractivity contribution is 0.352. The van der Waals surface area contributed by atoms with Crippen LogP contribution in [0.1, 0.15) is 56.7 Å². The van der Waals surface area contributed by atoms with Crippen LogP contribution in [0.15, 0.2) is 36.9 Å². The average Bonchev–Trinajstić information content (AvgIpc) is 3.44. The van der Waals surface area contributed by atoms with Crippen LogP contribution in [0.25, 0.3) is 11.2 Å². The molecular weight excluding hydrogens is 448 g/mol. The highest BCUT2D eigenvalue weighted by Crippen LogP contribution is 2.32. The Kier molecular flexibility index (Phi) is 6.45. The normalized spacial score (nSPS) is 15.1. The van der Waals surface area contributed by atoms with Crippen LogP contribution >= 0.6 is 0 Å². The zero-order valence-electron chi connectivity index (χ0n) is 22.4. The summed E-state index contributed by atoms with van der Waals surface area (Å²) in [6, 6.07) is 6.63. The number of aryl methyl sites for hydroxylation is 4. The van der Waals surface area contributed by atoms with Gasteiger partial charge in [-0.3, -0.25) is 4.68 Å². The summed E-state index contributed by atoms with van der Waals surface area (Å²) < 4.78 is 4.06. The summed E-state index contributed by atoms with van der Waals surface area (Å²) in [5, 5.41) is 8.07. The summed E-state index contributed by atoms with van der Waals surface area (Å²) in [6.45, 7) is 13.8. The SMILES string of the molecule is Cc1cnn(CCC2CCN(c3nc(Nc4cc(C(C)(C)C)ccc4C)c4c(ncn4C)n3)CC2)c1. The number of nitrogens with one attached hydrogen (secondary N) is 1. The number of anilines is 3. The number of hydrogen-bond donors (Lipinski definition) is 1. The quantitative estimate of drug-likeness (QED) is 0.386. The van der Waals surface area contributed by atoms with Gasteiger partial charge in [0.25, 0.3) is 0 Å². The molecule has 1 aromatic carbocycles. The summed E-state index contributed by atoms with van der Waals surface area (Å²) >= 11 is 0. The Labute approximate surface area is 213 Å². The van der Waals surface area contributed by atoms with Crippen molar-refractivity contribution in [2.45, 2.75) is 65.8 Å². The minimum Gasteiger partial charge on any atom is -0.341 e. The number of fused-ring (bicyclic) bond motifs is 1. The fraction of sp³-hybridized carbons (Fsp3) is 0.500. The third-order valence-electron chi connectivity index (χ3n) is 7.34. The summed E-state index contributed by atoms with van der Waals surface area (Å²) in [7, 11) is 1.99. The third kappa shape index (κ3) is 5.08. The Morgan fingerprint density at radius 2 is 1.86 bits per heavy atom. The highest BCUT2D eigenvalue weighted by atomic mass is 15.3. The zero-order valence-corrected chi connectivity index (χ0v) is 22.4. The monoisotopic (exact) mass is 486 g/mol. The Hall–Kier alpha value is -3.42. The molecule has 4 aromatic rings. The van der Waals surface area contributed by atoms with Crippen molar-refractivity contribution >= 4 is 28.6 Å². The van der Waals surface area contributed by atoms with Crippen molar-refractivity contribution in [1.82, 2.24) is 29.3 Å². The van der Waals surface area contributed by atoms with Gasteiger partial charge in [0.05, 0.1) is 12.5 Å². The molecule has 190 valence electrons. The molecule has 8 nitrogen and oxygen atoms in total. The van der Waals surface area contributed by atoms with Gasteiger partial charge in [-0.05, 0) is 67.2 Å². The van der Waals surface area contributed by atoms with Gasteiger partial charge < -0.3 is 14.8 Å². The molecule has 0 atom stereocenters. The van der Waals surface area contributed by atoms with Crippen molar-refractivity contribution in [2.75, 3.05) is 23.3 Å². The Bertz CT molecular complexity index is 1350. The molecule has 0 aliphatic carbocycles. The van der Waals surface area contributed by atoms with E-state index in [0.717, 1.165) is 67.5 Å². The van der Waals surface area contributed by atoms with E-state index in [2.05, 4.69) is 84.0 Å². The molecule has 0 saturated carbocycles. The molecule has 8 heteroatoms. The van der Waals surface area contributed by atoms with E-state index in [1.165, 1.54) is 16.7 Å². The van der Waals surface area contributed by atoms with Crippen molar-refractivity contribution < 1.29 is 0 Å². The fourth-order valence-corrected chi connectivity index (χ4v) is 4.95. The molecule has 0 radical (unpaired) electrons. The van der Waals surface area contributed by atoms with E-state index >= 15 is 0 Å². The van der Waals surface area contributed by atoms with Crippen LogP contribution in [0.5, 0.6) is 0 Å². The molecule has 1 fully saturated rings. The molecule has 4 heterocycles. The van der Waals surface area contributed by atoms with E-state index in [0.29, 0.717) is 5.92 Å².